The molecule has 0 aliphatic heterocycles. The van der Waals surface area contributed by atoms with E-state index >= 15 is 0 Å². The third-order valence-electron chi connectivity index (χ3n) is 3.94. The standard InChI is InChI=1S/C19H13ClF2N4O3S/c20-10-1-4-15-14(7-10)24-19(28-15)30-9-16-25-18(29-26-16)6-5-17(27)23-13-3-2-11(21)8-12(13)22/h1-4,7-8H,5-6,9H2,(H,23,27). The summed E-state index contributed by atoms with van der Waals surface area (Å²) in [6, 6.07) is 8.08. The number of nitrogens with one attached hydrogen (secondary N) is 1. The highest BCUT2D eigenvalue weighted by atomic mass is 35.5. The molecular formula is C19H13ClF2N4O3S. The second-order valence-corrected chi connectivity index (χ2v) is 7.52. The fourth-order valence-corrected chi connectivity index (χ4v) is 3.39. The summed E-state index contributed by atoms with van der Waals surface area (Å²) in [7, 11) is 0. The largest absolute Gasteiger partial charge is 0.431 e. The number of anilines is 1. The van der Waals surface area contributed by atoms with Crippen LogP contribution in [0.1, 0.15) is 18.1 Å². The van der Waals surface area contributed by atoms with Gasteiger partial charge >= 0.3 is 0 Å². The van der Waals surface area contributed by atoms with Gasteiger partial charge in [0.2, 0.25) is 11.8 Å². The van der Waals surface area contributed by atoms with E-state index in [-0.39, 0.29) is 24.4 Å². The number of amides is 1. The molecule has 2 heterocycles. The molecule has 0 radical (unpaired) electrons. The van der Waals surface area contributed by atoms with Crippen molar-refractivity contribution >= 4 is 46.1 Å². The minimum absolute atomic E-state index is 0.00250. The molecule has 0 spiro atoms. The second kappa shape index (κ2) is 8.80. The highest BCUT2D eigenvalue weighted by molar-refractivity contribution is 7.98. The maximum absolute atomic E-state index is 13.6. The fourth-order valence-electron chi connectivity index (χ4n) is 2.54. The summed E-state index contributed by atoms with van der Waals surface area (Å²) in [5, 5.41) is 7.24. The number of aryl methyl sites for hydroxylation is 1. The summed E-state index contributed by atoms with van der Waals surface area (Å²) < 4.78 is 37.2. The second-order valence-electron chi connectivity index (χ2n) is 6.16. The van der Waals surface area contributed by atoms with Crippen LogP contribution in [0, 0.1) is 11.6 Å². The quantitative estimate of drug-likeness (QED) is 0.395. The zero-order valence-electron chi connectivity index (χ0n) is 15.2. The van der Waals surface area contributed by atoms with Crippen LogP contribution in [0.3, 0.4) is 0 Å². The lowest BCUT2D eigenvalue weighted by atomic mass is 10.2. The fraction of sp³-hybridized carbons (Fsp3) is 0.158. The lowest BCUT2D eigenvalue weighted by Gasteiger charge is -2.05. The van der Waals surface area contributed by atoms with Crippen LogP contribution in [-0.2, 0) is 17.0 Å². The Morgan fingerprint density at radius 3 is 2.87 bits per heavy atom. The van der Waals surface area contributed by atoms with E-state index in [0.29, 0.717) is 39.0 Å². The van der Waals surface area contributed by atoms with E-state index in [1.807, 2.05) is 0 Å². The van der Waals surface area contributed by atoms with Gasteiger partial charge in [-0.3, -0.25) is 4.79 Å². The molecule has 4 aromatic rings. The number of thioether (sulfide) groups is 1. The molecule has 11 heteroatoms. The first-order valence-corrected chi connectivity index (χ1v) is 10.1. The number of hydrogen-bond donors (Lipinski definition) is 1. The van der Waals surface area contributed by atoms with Gasteiger partial charge in [-0.2, -0.15) is 4.98 Å². The maximum atomic E-state index is 13.6. The molecule has 154 valence electrons. The average Bonchev–Trinajstić information content (AvgIpc) is 3.33. The molecule has 7 nitrogen and oxygen atoms in total. The Labute approximate surface area is 177 Å². The summed E-state index contributed by atoms with van der Waals surface area (Å²) in [6.07, 6.45) is 0.172. The first-order chi connectivity index (χ1) is 14.5. The van der Waals surface area contributed by atoms with E-state index < -0.39 is 17.5 Å². The highest BCUT2D eigenvalue weighted by Crippen LogP contribution is 2.27. The molecular weight excluding hydrogens is 438 g/mol. The summed E-state index contributed by atoms with van der Waals surface area (Å²) in [5.74, 6) is -0.980. The van der Waals surface area contributed by atoms with Crippen molar-refractivity contribution in [2.24, 2.45) is 0 Å². The third-order valence-corrected chi connectivity index (χ3v) is 5.00. The van der Waals surface area contributed by atoms with E-state index in [0.717, 1.165) is 12.1 Å². The molecule has 30 heavy (non-hydrogen) atoms. The summed E-state index contributed by atoms with van der Waals surface area (Å²) in [6.45, 7) is 0. The number of halogens is 3. The third kappa shape index (κ3) is 4.95. The normalized spacial score (nSPS) is 11.2. The van der Waals surface area contributed by atoms with Gasteiger partial charge in [0.15, 0.2) is 11.4 Å². The van der Waals surface area contributed by atoms with E-state index in [1.165, 1.54) is 11.8 Å². The van der Waals surface area contributed by atoms with Gasteiger partial charge < -0.3 is 14.3 Å². The van der Waals surface area contributed by atoms with Crippen molar-refractivity contribution in [3.63, 3.8) is 0 Å². The molecule has 1 N–H and O–H groups in total. The van der Waals surface area contributed by atoms with Gasteiger partial charge in [-0.25, -0.2) is 13.8 Å². The molecule has 2 aromatic carbocycles. The predicted molar refractivity (Wildman–Crippen MR) is 106 cm³/mol. The molecule has 1 amide bonds. The zero-order valence-corrected chi connectivity index (χ0v) is 16.8. The van der Waals surface area contributed by atoms with Crippen LogP contribution >= 0.6 is 23.4 Å². The van der Waals surface area contributed by atoms with Gasteiger partial charge in [-0.15, -0.1) is 0 Å². The van der Waals surface area contributed by atoms with Crippen LogP contribution in [0.4, 0.5) is 14.5 Å². The van der Waals surface area contributed by atoms with Crippen LogP contribution < -0.4 is 5.32 Å². The van der Waals surface area contributed by atoms with Crippen molar-refractivity contribution in [1.29, 1.82) is 0 Å². The number of carbonyl (C=O) groups excluding carboxylic acids is 1. The number of rotatable bonds is 7. The number of fused-ring (bicyclic) bond motifs is 1. The SMILES string of the molecule is O=C(CCc1nc(CSc2nc3cc(Cl)ccc3o2)no1)Nc1ccc(F)cc1F. The van der Waals surface area contributed by atoms with Crippen LogP contribution in [0.5, 0.6) is 0 Å². The molecule has 0 bridgehead atoms. The molecule has 2 aromatic heterocycles. The van der Waals surface area contributed by atoms with Crippen molar-refractivity contribution < 1.29 is 22.5 Å². The molecule has 4 rings (SSSR count). The molecule has 0 saturated carbocycles. The smallest absolute Gasteiger partial charge is 0.257 e. The van der Waals surface area contributed by atoms with Gasteiger partial charge in [0, 0.05) is 23.9 Å². The first-order valence-electron chi connectivity index (χ1n) is 8.71. The van der Waals surface area contributed by atoms with Gasteiger partial charge in [0.05, 0.1) is 11.4 Å². The molecule has 0 saturated heterocycles. The minimum Gasteiger partial charge on any atom is -0.431 e. The Morgan fingerprint density at radius 2 is 2.03 bits per heavy atom. The minimum atomic E-state index is -0.845. The average molecular weight is 451 g/mol. The number of aromatic nitrogens is 3. The number of hydrogen-bond acceptors (Lipinski definition) is 7. The number of oxazole rings is 1. The van der Waals surface area contributed by atoms with E-state index in [4.69, 9.17) is 20.5 Å². The Kier molecular flexibility index (Phi) is 5.96. The van der Waals surface area contributed by atoms with E-state index in [9.17, 15) is 13.6 Å². The van der Waals surface area contributed by atoms with Gasteiger partial charge in [0.25, 0.3) is 5.22 Å². The Hall–Kier alpha value is -2.98. The molecule has 0 fully saturated rings. The Bertz CT molecular complexity index is 1210. The topological polar surface area (TPSA) is 94.0 Å². The number of nitrogens with zero attached hydrogens (tertiary/aromatic N) is 3. The Morgan fingerprint density at radius 1 is 1.17 bits per heavy atom. The zero-order chi connectivity index (χ0) is 21.1. The lowest BCUT2D eigenvalue weighted by Crippen LogP contribution is -2.13. The molecule has 0 atom stereocenters. The molecule has 0 aliphatic carbocycles. The summed E-state index contributed by atoms with van der Waals surface area (Å²) in [5.41, 5.74) is 1.19. The van der Waals surface area contributed by atoms with Crippen LogP contribution in [0.2, 0.25) is 5.02 Å². The van der Waals surface area contributed by atoms with E-state index in [1.54, 1.807) is 18.2 Å². The lowest BCUT2D eigenvalue weighted by molar-refractivity contribution is -0.116. The van der Waals surface area contributed by atoms with Gasteiger partial charge in [0.1, 0.15) is 17.2 Å². The maximum Gasteiger partial charge on any atom is 0.257 e. The predicted octanol–water partition coefficient (Wildman–Crippen LogP) is 5.01. The van der Waals surface area contributed by atoms with Crippen molar-refractivity contribution in [2.45, 2.75) is 23.8 Å². The van der Waals surface area contributed by atoms with Crippen molar-refractivity contribution in [2.75, 3.05) is 5.32 Å². The van der Waals surface area contributed by atoms with E-state index in [2.05, 4.69) is 20.4 Å². The monoisotopic (exact) mass is 450 g/mol. The number of benzene rings is 2. The van der Waals surface area contributed by atoms with Gasteiger partial charge in [-0.1, -0.05) is 28.5 Å². The highest BCUT2D eigenvalue weighted by Gasteiger charge is 2.13. The van der Waals surface area contributed by atoms with Crippen LogP contribution in [-0.4, -0.2) is 21.0 Å². The molecule has 0 unspecified atom stereocenters. The van der Waals surface area contributed by atoms with Gasteiger partial charge in [-0.05, 0) is 30.3 Å². The summed E-state index contributed by atoms with van der Waals surface area (Å²) >= 11 is 7.22. The first kappa shape index (κ1) is 20.3. The van der Waals surface area contributed by atoms with Crippen molar-refractivity contribution in [3.05, 3.63) is 64.8 Å². The molecule has 0 aliphatic rings. The van der Waals surface area contributed by atoms with Crippen LogP contribution in [0.25, 0.3) is 11.1 Å². The van der Waals surface area contributed by atoms with Crippen molar-refractivity contribution in [1.82, 2.24) is 15.1 Å². The van der Waals surface area contributed by atoms with Crippen LogP contribution in [0.15, 0.2) is 50.6 Å². The Balaban J connectivity index is 1.28. The number of carbonyl (C=O) groups is 1. The van der Waals surface area contributed by atoms with Crippen molar-refractivity contribution in [3.8, 4) is 0 Å². The summed E-state index contributed by atoms with van der Waals surface area (Å²) in [4.78, 5) is 20.5.